The van der Waals surface area contributed by atoms with Gasteiger partial charge in [-0.3, -0.25) is 0 Å². The number of hydrogen-bond donors (Lipinski definition) is 1. The quantitative estimate of drug-likeness (QED) is 0.156. The molecule has 0 atom stereocenters. The third kappa shape index (κ3) is 5.78. The summed E-state index contributed by atoms with van der Waals surface area (Å²) in [4.78, 5) is 23.6. The molecule has 9 nitrogen and oxygen atoms in total. The number of carbonyl (C=O) groups is 2. The monoisotopic (exact) mass is 526 g/mol. The van der Waals surface area contributed by atoms with E-state index in [9.17, 15) is 14.7 Å². The number of benzene rings is 2. The summed E-state index contributed by atoms with van der Waals surface area (Å²) in [5, 5.41) is 18.1. The van der Waals surface area contributed by atoms with E-state index in [-0.39, 0.29) is 22.6 Å². The molecule has 0 saturated heterocycles. The van der Waals surface area contributed by atoms with Gasteiger partial charge in [0.25, 0.3) is 11.1 Å². The minimum atomic E-state index is -1.20. The van der Waals surface area contributed by atoms with E-state index in [2.05, 4.69) is 10.2 Å². The highest BCUT2D eigenvalue weighted by atomic mass is 35.5. The van der Waals surface area contributed by atoms with Crippen LogP contribution in [-0.4, -0.2) is 41.0 Å². The second-order valence-electron chi connectivity index (χ2n) is 7.13. The number of esters is 1. The Kier molecular flexibility index (Phi) is 7.77. The van der Waals surface area contributed by atoms with Crippen LogP contribution in [0.4, 0.5) is 0 Å². The van der Waals surface area contributed by atoms with E-state index in [1.54, 1.807) is 61.5 Å². The maximum atomic E-state index is 11.9. The predicted octanol–water partition coefficient (Wildman–Crippen LogP) is 6.05. The van der Waals surface area contributed by atoms with Crippen LogP contribution in [0.1, 0.15) is 23.0 Å². The largest absolute Gasteiger partial charge is 0.496 e. The number of carboxylic acids is 1. The second kappa shape index (κ2) is 11.1. The van der Waals surface area contributed by atoms with Crippen LogP contribution in [-0.2, 0) is 9.53 Å². The number of aromatic nitrogens is 2. The number of rotatable bonds is 9. The second-order valence-corrected chi connectivity index (χ2v) is 8.56. The molecule has 0 radical (unpaired) electrons. The molecular formula is C25H19ClN2O7S. The van der Waals surface area contributed by atoms with Crippen LogP contribution in [0.3, 0.4) is 0 Å². The Morgan fingerprint density at radius 3 is 2.56 bits per heavy atom. The van der Waals surface area contributed by atoms with Gasteiger partial charge in [0, 0.05) is 16.7 Å². The van der Waals surface area contributed by atoms with E-state index in [4.69, 9.17) is 29.9 Å². The first-order valence-electron chi connectivity index (χ1n) is 10.6. The molecule has 0 aliphatic rings. The number of ether oxygens (including phenoxy) is 2. The molecule has 0 saturated carbocycles. The van der Waals surface area contributed by atoms with Gasteiger partial charge in [0.2, 0.25) is 0 Å². The van der Waals surface area contributed by atoms with Crippen LogP contribution in [0.2, 0.25) is 5.02 Å². The SMILES string of the molecule is CCOC(=O)c1ccc(-c2ccc(/C=C(\Sc3nnc(-c4cc(Cl)ccc4OC)o3)C(=O)O)o2)cc1. The lowest BCUT2D eigenvalue weighted by molar-refractivity contribution is -0.131. The van der Waals surface area contributed by atoms with Crippen molar-refractivity contribution in [3.05, 3.63) is 75.8 Å². The summed E-state index contributed by atoms with van der Waals surface area (Å²) in [5.41, 5.74) is 1.62. The highest BCUT2D eigenvalue weighted by Crippen LogP contribution is 2.35. The number of nitrogens with zero attached hydrogens (tertiary/aromatic N) is 2. The van der Waals surface area contributed by atoms with Crippen LogP contribution in [0, 0.1) is 0 Å². The Morgan fingerprint density at radius 1 is 1.08 bits per heavy atom. The van der Waals surface area contributed by atoms with Crippen LogP contribution < -0.4 is 4.74 Å². The van der Waals surface area contributed by atoms with Crippen molar-refractivity contribution in [3.63, 3.8) is 0 Å². The molecule has 36 heavy (non-hydrogen) atoms. The average molecular weight is 527 g/mol. The van der Waals surface area contributed by atoms with Crippen LogP contribution in [0.5, 0.6) is 5.75 Å². The minimum Gasteiger partial charge on any atom is -0.496 e. The molecule has 0 aliphatic carbocycles. The van der Waals surface area contributed by atoms with E-state index in [0.29, 0.717) is 39.0 Å². The van der Waals surface area contributed by atoms with Gasteiger partial charge in [0.1, 0.15) is 22.2 Å². The van der Waals surface area contributed by atoms with Crippen molar-refractivity contribution in [3.8, 4) is 28.5 Å². The fourth-order valence-electron chi connectivity index (χ4n) is 3.14. The fraction of sp³-hybridized carbons (Fsp3) is 0.120. The Bertz CT molecular complexity index is 1430. The Balaban J connectivity index is 1.53. The third-order valence-electron chi connectivity index (χ3n) is 4.79. The highest BCUT2D eigenvalue weighted by molar-refractivity contribution is 8.03. The van der Waals surface area contributed by atoms with Gasteiger partial charge in [0.05, 0.1) is 24.8 Å². The van der Waals surface area contributed by atoms with Gasteiger partial charge < -0.3 is 23.4 Å². The lowest BCUT2D eigenvalue weighted by atomic mass is 10.1. The topological polar surface area (TPSA) is 125 Å². The standard InChI is InChI=1S/C25H19ClN2O7S/c1-3-33-24(31)15-6-4-14(5-7-15)19-11-9-17(34-19)13-21(23(29)30)36-25-28-27-22(35-25)18-12-16(26)8-10-20(18)32-2/h4-13H,3H2,1-2H3,(H,29,30)/b21-13-. The molecule has 0 spiro atoms. The Hall–Kier alpha value is -4.02. The molecule has 0 bridgehead atoms. The van der Waals surface area contributed by atoms with Crippen molar-refractivity contribution < 1.29 is 33.0 Å². The zero-order chi connectivity index (χ0) is 25.7. The van der Waals surface area contributed by atoms with Crippen LogP contribution in [0.25, 0.3) is 28.9 Å². The van der Waals surface area contributed by atoms with E-state index in [1.807, 2.05) is 0 Å². The molecule has 0 amide bonds. The lowest BCUT2D eigenvalue weighted by Gasteiger charge is -2.04. The number of carboxylic acid groups (broad SMARTS) is 1. The van der Waals surface area contributed by atoms with Gasteiger partial charge in [-0.2, -0.15) is 0 Å². The molecule has 4 aromatic rings. The van der Waals surface area contributed by atoms with Crippen molar-refractivity contribution >= 4 is 41.4 Å². The first-order valence-corrected chi connectivity index (χ1v) is 11.7. The summed E-state index contributed by atoms with van der Waals surface area (Å²) in [6.45, 7) is 2.03. The molecule has 2 aromatic carbocycles. The highest BCUT2D eigenvalue weighted by Gasteiger charge is 2.19. The summed E-state index contributed by atoms with van der Waals surface area (Å²) in [7, 11) is 1.50. The fourth-order valence-corrected chi connectivity index (χ4v) is 3.96. The lowest BCUT2D eigenvalue weighted by Crippen LogP contribution is -2.03. The van der Waals surface area contributed by atoms with Crippen molar-refractivity contribution in [2.45, 2.75) is 12.1 Å². The number of hydrogen-bond acceptors (Lipinski definition) is 9. The summed E-state index contributed by atoms with van der Waals surface area (Å²) < 4.78 is 21.7. The smallest absolute Gasteiger partial charge is 0.342 e. The van der Waals surface area contributed by atoms with E-state index in [1.165, 1.54) is 13.2 Å². The van der Waals surface area contributed by atoms with Gasteiger partial charge in [-0.1, -0.05) is 23.7 Å². The van der Waals surface area contributed by atoms with Gasteiger partial charge in [-0.05, 0) is 61.2 Å². The first-order chi connectivity index (χ1) is 17.4. The van der Waals surface area contributed by atoms with Crippen LogP contribution >= 0.6 is 23.4 Å². The van der Waals surface area contributed by atoms with E-state index in [0.717, 1.165) is 11.8 Å². The summed E-state index contributed by atoms with van der Waals surface area (Å²) in [5.74, 6) is -0.189. The average Bonchev–Trinajstić information content (AvgIpc) is 3.54. The zero-order valence-corrected chi connectivity index (χ0v) is 20.6. The molecule has 2 aromatic heterocycles. The van der Waals surface area contributed by atoms with Gasteiger partial charge in [-0.15, -0.1) is 10.2 Å². The van der Waals surface area contributed by atoms with Crippen LogP contribution in [0.15, 0.2) is 73.6 Å². The molecule has 0 unspecified atom stereocenters. The number of methoxy groups -OCH3 is 1. The number of thioether (sulfide) groups is 1. The molecule has 1 N–H and O–H groups in total. The molecule has 0 fully saturated rings. The third-order valence-corrected chi connectivity index (χ3v) is 5.87. The van der Waals surface area contributed by atoms with E-state index >= 15 is 0 Å². The summed E-state index contributed by atoms with van der Waals surface area (Å²) in [6, 6.07) is 15.0. The molecule has 4 rings (SSSR count). The Labute approximate surface area is 214 Å². The number of carbonyl (C=O) groups excluding carboxylic acids is 1. The normalized spacial score (nSPS) is 11.4. The van der Waals surface area contributed by atoms with Gasteiger partial charge in [0.15, 0.2) is 0 Å². The van der Waals surface area contributed by atoms with Gasteiger partial charge in [-0.25, -0.2) is 9.59 Å². The maximum Gasteiger partial charge on any atom is 0.342 e. The number of aliphatic carboxylic acids is 1. The number of halogens is 1. The molecule has 11 heteroatoms. The van der Waals surface area contributed by atoms with Crippen molar-refractivity contribution in [2.24, 2.45) is 0 Å². The Morgan fingerprint density at radius 2 is 1.86 bits per heavy atom. The molecule has 2 heterocycles. The first kappa shape index (κ1) is 25.1. The van der Waals surface area contributed by atoms with Crippen molar-refractivity contribution in [1.82, 2.24) is 10.2 Å². The van der Waals surface area contributed by atoms with Gasteiger partial charge >= 0.3 is 11.9 Å². The molecular weight excluding hydrogens is 508 g/mol. The maximum absolute atomic E-state index is 11.9. The number of furan rings is 1. The zero-order valence-electron chi connectivity index (χ0n) is 19.1. The molecule has 0 aliphatic heterocycles. The molecule has 184 valence electrons. The summed E-state index contributed by atoms with van der Waals surface area (Å²) >= 11 is 6.83. The van der Waals surface area contributed by atoms with Crippen molar-refractivity contribution in [2.75, 3.05) is 13.7 Å². The predicted molar refractivity (Wildman–Crippen MR) is 133 cm³/mol. The minimum absolute atomic E-state index is 0.0158. The van der Waals surface area contributed by atoms with Crippen molar-refractivity contribution in [1.29, 1.82) is 0 Å². The summed E-state index contributed by atoms with van der Waals surface area (Å²) in [6.07, 6.45) is 1.35. The van der Waals surface area contributed by atoms with E-state index < -0.39 is 11.9 Å².